The topological polar surface area (TPSA) is 32.6 Å². The molecular weight excluding hydrogens is 361 g/mol. The number of alkyl halides is 3. The summed E-state index contributed by atoms with van der Waals surface area (Å²) in [6, 6.07) is 3.16. The maximum Gasteiger partial charge on any atom is 0.419 e. The van der Waals surface area contributed by atoms with Crippen molar-refractivity contribution >= 4 is 23.1 Å². The fourth-order valence-corrected chi connectivity index (χ4v) is 4.95. The molecule has 0 amide bonds. The summed E-state index contributed by atoms with van der Waals surface area (Å²) >= 11 is 5.60. The highest BCUT2D eigenvalue weighted by Crippen LogP contribution is 2.44. The minimum Gasteiger partial charge on any atom is -0.360 e. The molecule has 3 fully saturated rings. The first-order chi connectivity index (χ1) is 12.4. The second-order valence-electron chi connectivity index (χ2n) is 7.67. The predicted molar refractivity (Wildman–Crippen MR) is 96.8 cm³/mol. The van der Waals surface area contributed by atoms with Crippen molar-refractivity contribution in [3.63, 3.8) is 0 Å². The van der Waals surface area contributed by atoms with Crippen molar-refractivity contribution in [3.8, 4) is 0 Å². The highest BCUT2D eigenvalue weighted by molar-refractivity contribution is 7.80. The second-order valence-corrected chi connectivity index (χ2v) is 8.05. The van der Waals surface area contributed by atoms with E-state index in [1.54, 1.807) is 0 Å². The lowest BCUT2D eigenvalue weighted by atomic mass is 9.95. The van der Waals surface area contributed by atoms with Crippen LogP contribution in [0.15, 0.2) is 18.3 Å². The van der Waals surface area contributed by atoms with Crippen LogP contribution in [0.4, 0.5) is 19.0 Å². The Morgan fingerprint density at radius 3 is 2.42 bits per heavy atom. The van der Waals surface area contributed by atoms with E-state index in [2.05, 4.69) is 20.1 Å². The summed E-state index contributed by atoms with van der Waals surface area (Å²) in [6.07, 6.45) is 2.00. The van der Waals surface area contributed by atoms with Gasteiger partial charge in [0.25, 0.3) is 5.82 Å². The monoisotopic (exact) mass is 385 g/mol. The normalized spacial score (nSPS) is 28.5. The van der Waals surface area contributed by atoms with Gasteiger partial charge in [0.15, 0.2) is 5.11 Å². The molecule has 1 aromatic heterocycles. The SMILES string of the molecule is FC(F)(F)c1ccc(N2CCN(C(=S)N[C@@H]3C[C@@H]4CC[C@@H]3C4)CC2)[nH+]c1. The molecule has 4 nitrogen and oxygen atoms in total. The summed E-state index contributed by atoms with van der Waals surface area (Å²) in [5.41, 5.74) is -0.656. The van der Waals surface area contributed by atoms with E-state index in [0.29, 0.717) is 11.9 Å². The number of nitrogens with one attached hydrogen (secondary N) is 2. The average Bonchev–Trinajstić information content (AvgIpc) is 3.24. The van der Waals surface area contributed by atoms with Crippen molar-refractivity contribution in [3.05, 3.63) is 23.9 Å². The average molecular weight is 385 g/mol. The zero-order chi connectivity index (χ0) is 18.3. The molecule has 0 aromatic carbocycles. The lowest BCUT2D eigenvalue weighted by molar-refractivity contribution is -0.367. The predicted octanol–water partition coefficient (Wildman–Crippen LogP) is 2.70. The zero-order valence-corrected chi connectivity index (χ0v) is 15.4. The van der Waals surface area contributed by atoms with Gasteiger partial charge in [0.2, 0.25) is 0 Å². The molecule has 142 valence electrons. The molecule has 2 N–H and O–H groups in total. The molecule has 3 aliphatic rings. The van der Waals surface area contributed by atoms with Gasteiger partial charge in [0.1, 0.15) is 19.3 Å². The van der Waals surface area contributed by atoms with Gasteiger partial charge >= 0.3 is 6.18 Å². The van der Waals surface area contributed by atoms with Gasteiger partial charge in [-0.25, -0.2) is 4.98 Å². The molecule has 2 aliphatic carbocycles. The number of anilines is 1. The molecule has 2 bridgehead atoms. The molecule has 3 atom stereocenters. The van der Waals surface area contributed by atoms with Gasteiger partial charge in [-0.05, 0) is 49.4 Å². The summed E-state index contributed by atoms with van der Waals surface area (Å²) in [5.74, 6) is 2.37. The lowest BCUT2D eigenvalue weighted by Gasteiger charge is -2.35. The third kappa shape index (κ3) is 3.61. The maximum absolute atomic E-state index is 12.7. The first-order valence-electron chi connectivity index (χ1n) is 9.29. The second kappa shape index (κ2) is 6.87. The number of thiocarbonyl (C=S) groups is 1. The molecule has 0 unspecified atom stereocenters. The number of rotatable bonds is 2. The largest absolute Gasteiger partial charge is 0.419 e. The van der Waals surface area contributed by atoms with E-state index in [4.69, 9.17) is 12.2 Å². The third-order valence-corrected chi connectivity index (χ3v) is 6.45. The zero-order valence-electron chi connectivity index (χ0n) is 14.6. The van der Waals surface area contributed by atoms with Crippen LogP contribution in [0.3, 0.4) is 0 Å². The van der Waals surface area contributed by atoms with Crippen molar-refractivity contribution in [1.82, 2.24) is 10.2 Å². The van der Waals surface area contributed by atoms with E-state index in [0.717, 1.165) is 55.4 Å². The first-order valence-corrected chi connectivity index (χ1v) is 9.70. The fraction of sp³-hybridized carbons (Fsp3) is 0.667. The Labute approximate surface area is 156 Å². The van der Waals surface area contributed by atoms with Gasteiger partial charge < -0.3 is 10.2 Å². The number of aromatic nitrogens is 1. The Morgan fingerprint density at radius 1 is 1.12 bits per heavy atom. The highest BCUT2D eigenvalue weighted by Gasteiger charge is 2.40. The minimum atomic E-state index is -4.31. The number of halogens is 3. The number of aromatic amines is 1. The number of hydrogen-bond donors (Lipinski definition) is 1. The number of fused-ring (bicyclic) bond motifs is 2. The molecule has 1 aliphatic heterocycles. The molecule has 2 saturated carbocycles. The van der Waals surface area contributed by atoms with Gasteiger partial charge in [-0.2, -0.15) is 13.2 Å². The van der Waals surface area contributed by atoms with Crippen molar-refractivity contribution in [2.45, 2.75) is 37.9 Å². The van der Waals surface area contributed by atoms with Crippen molar-refractivity contribution in [1.29, 1.82) is 0 Å². The molecule has 2 heterocycles. The standard InChI is InChI=1S/C18H23F3N4S/c19-18(20,21)14-3-4-16(22-11-14)24-5-7-25(8-6-24)17(26)23-15-10-12-1-2-13(15)9-12/h3-4,11-13,15H,1-2,5-10H2,(H,23,26)/p+1/t12-,13-,15-/m1/s1. The minimum absolute atomic E-state index is 0.530. The summed E-state index contributed by atoms with van der Waals surface area (Å²) in [4.78, 5) is 7.02. The Hall–Kier alpha value is -1.57. The summed E-state index contributed by atoms with van der Waals surface area (Å²) in [5, 5.41) is 4.40. The van der Waals surface area contributed by atoms with Crippen molar-refractivity contribution in [2.75, 3.05) is 31.1 Å². The highest BCUT2D eigenvalue weighted by atomic mass is 32.1. The number of pyridine rings is 1. The van der Waals surface area contributed by atoms with Crippen LogP contribution in [0.5, 0.6) is 0 Å². The Morgan fingerprint density at radius 2 is 1.88 bits per heavy atom. The number of nitrogens with zero attached hydrogens (tertiary/aromatic N) is 2. The van der Waals surface area contributed by atoms with Gasteiger partial charge in [-0.15, -0.1) is 0 Å². The van der Waals surface area contributed by atoms with Crippen LogP contribution in [-0.4, -0.2) is 42.2 Å². The van der Waals surface area contributed by atoms with Gasteiger partial charge in [-0.1, -0.05) is 6.42 Å². The lowest BCUT2D eigenvalue weighted by Crippen LogP contribution is -2.54. The quantitative estimate of drug-likeness (QED) is 0.794. The van der Waals surface area contributed by atoms with E-state index >= 15 is 0 Å². The van der Waals surface area contributed by atoms with Crippen LogP contribution >= 0.6 is 12.2 Å². The molecule has 8 heteroatoms. The summed E-state index contributed by atoms with van der Waals surface area (Å²) < 4.78 is 38.0. The first kappa shape index (κ1) is 17.8. The molecule has 26 heavy (non-hydrogen) atoms. The van der Waals surface area contributed by atoms with E-state index < -0.39 is 11.7 Å². The molecule has 0 radical (unpaired) electrons. The van der Waals surface area contributed by atoms with E-state index in [1.165, 1.54) is 31.7 Å². The number of hydrogen-bond acceptors (Lipinski definition) is 2. The Kier molecular flexibility index (Phi) is 4.71. The van der Waals surface area contributed by atoms with Crippen LogP contribution in [0.25, 0.3) is 0 Å². The van der Waals surface area contributed by atoms with Crippen molar-refractivity contribution < 1.29 is 18.2 Å². The van der Waals surface area contributed by atoms with Crippen LogP contribution < -0.4 is 15.2 Å². The molecule has 0 spiro atoms. The number of piperazine rings is 1. The molecule has 1 saturated heterocycles. The van der Waals surface area contributed by atoms with Crippen molar-refractivity contribution in [2.24, 2.45) is 11.8 Å². The molecule has 1 aromatic rings. The van der Waals surface area contributed by atoms with Crippen LogP contribution in [0, 0.1) is 11.8 Å². The van der Waals surface area contributed by atoms with Crippen LogP contribution in [0.1, 0.15) is 31.2 Å². The molecular formula is C18H24F3N4S+. The van der Waals surface area contributed by atoms with Gasteiger partial charge in [-0.3, -0.25) is 4.90 Å². The Balaban J connectivity index is 1.29. The smallest absolute Gasteiger partial charge is 0.360 e. The molecule has 4 rings (SSSR count). The van der Waals surface area contributed by atoms with E-state index in [-0.39, 0.29) is 0 Å². The van der Waals surface area contributed by atoms with Gasteiger partial charge in [0.05, 0.1) is 18.7 Å². The summed E-state index contributed by atoms with van der Waals surface area (Å²) in [7, 11) is 0. The van der Waals surface area contributed by atoms with E-state index in [1.807, 2.05) is 0 Å². The van der Waals surface area contributed by atoms with Gasteiger partial charge in [0, 0.05) is 12.1 Å². The maximum atomic E-state index is 12.7. The van der Waals surface area contributed by atoms with E-state index in [9.17, 15) is 13.2 Å². The third-order valence-electron chi connectivity index (χ3n) is 6.08. The fourth-order valence-electron chi connectivity index (χ4n) is 4.61. The number of H-pyrrole nitrogens is 1. The van der Waals surface area contributed by atoms with Crippen LogP contribution in [-0.2, 0) is 6.18 Å². The Bertz CT molecular complexity index is 655. The summed E-state index contributed by atoms with van der Waals surface area (Å²) in [6.45, 7) is 3.03. The van der Waals surface area contributed by atoms with Crippen LogP contribution in [0.2, 0.25) is 0 Å².